The Labute approximate surface area is 202 Å². The fraction of sp³-hybridized carbons (Fsp3) is 0.750. The fourth-order valence-corrected chi connectivity index (χ4v) is 4.93. The van der Waals surface area contributed by atoms with Crippen molar-refractivity contribution in [1.82, 2.24) is 5.32 Å². The molecule has 5 nitrogen and oxygen atoms in total. The number of unbranched alkanes of at least 4 members (excludes halogenated alkanes) is 4. The number of carbonyl (C=O) groups is 1. The number of aliphatic hydroxyl groups excluding tert-OH is 1. The number of aliphatic hydroxyl groups is 1. The van der Waals surface area contributed by atoms with E-state index in [-0.39, 0.29) is 23.8 Å². The summed E-state index contributed by atoms with van der Waals surface area (Å²) < 4.78 is 5.68. The number of benzene rings is 1. The normalized spacial score (nSPS) is 21.1. The van der Waals surface area contributed by atoms with Crippen LogP contribution in [0.1, 0.15) is 98.3 Å². The number of amides is 1. The van der Waals surface area contributed by atoms with Crippen molar-refractivity contribution in [3.8, 4) is 5.75 Å². The molecule has 3 atom stereocenters. The van der Waals surface area contributed by atoms with E-state index in [9.17, 15) is 9.90 Å². The zero-order valence-corrected chi connectivity index (χ0v) is 21.4. The highest BCUT2D eigenvalue weighted by Crippen LogP contribution is 2.33. The summed E-state index contributed by atoms with van der Waals surface area (Å²) in [7, 11) is 0. The average Bonchev–Trinajstić information content (AvgIpc) is 2.83. The molecule has 1 aromatic rings. The van der Waals surface area contributed by atoms with Crippen LogP contribution in [0.2, 0.25) is 0 Å². The molecule has 1 fully saturated rings. The molecule has 0 aliphatic heterocycles. The molecule has 0 saturated heterocycles. The molecule has 1 aromatic carbocycles. The fourth-order valence-electron chi connectivity index (χ4n) is 4.93. The second kappa shape index (κ2) is 15.2. The lowest BCUT2D eigenvalue weighted by atomic mass is 9.79. The van der Waals surface area contributed by atoms with Crippen molar-refractivity contribution in [3.63, 3.8) is 0 Å². The number of rotatable bonds is 15. The van der Waals surface area contributed by atoms with E-state index in [4.69, 9.17) is 4.74 Å². The van der Waals surface area contributed by atoms with E-state index in [1.807, 2.05) is 31.2 Å². The number of carbonyl (C=O) groups excluding carboxylic acids is 1. The molecule has 1 aliphatic carbocycles. The largest absolute Gasteiger partial charge is 0.492 e. The summed E-state index contributed by atoms with van der Waals surface area (Å²) in [4.78, 5) is 13.1. The van der Waals surface area contributed by atoms with Crippen LogP contribution in [0.4, 0.5) is 5.69 Å². The maximum absolute atomic E-state index is 13.1. The standard InChI is InChI=1S/C28H48N2O3/c1-5-8-9-10-11-14-22-17-19-23(20-18-22)27(31)30-26(21(4)6-2)28(32)29-24-15-12-13-16-25(24)33-7-3/h12-13,15-16,21-23,26,28-29,32H,5-11,14,17-20H2,1-4H3,(H,30,31)/t21-,22?,23?,26+,28-/m0/s1. The van der Waals surface area contributed by atoms with Crippen molar-refractivity contribution < 1.29 is 14.6 Å². The van der Waals surface area contributed by atoms with Gasteiger partial charge in [-0.2, -0.15) is 0 Å². The Bertz CT molecular complexity index is 673. The summed E-state index contributed by atoms with van der Waals surface area (Å²) in [6.07, 6.45) is 12.2. The van der Waals surface area contributed by atoms with Crippen LogP contribution in [0.5, 0.6) is 5.75 Å². The molecule has 0 heterocycles. The van der Waals surface area contributed by atoms with Gasteiger partial charge in [-0.25, -0.2) is 0 Å². The molecule has 2 rings (SSSR count). The third kappa shape index (κ3) is 9.19. The first-order valence-electron chi connectivity index (χ1n) is 13.5. The predicted molar refractivity (Wildman–Crippen MR) is 137 cm³/mol. The Morgan fingerprint density at radius 2 is 1.76 bits per heavy atom. The Balaban J connectivity index is 1.88. The number of nitrogens with one attached hydrogen (secondary N) is 2. The lowest BCUT2D eigenvalue weighted by molar-refractivity contribution is -0.128. The molecule has 33 heavy (non-hydrogen) atoms. The predicted octanol–water partition coefficient (Wildman–Crippen LogP) is 6.51. The molecule has 0 aromatic heterocycles. The highest BCUT2D eigenvalue weighted by atomic mass is 16.5. The molecule has 0 unspecified atom stereocenters. The molecule has 1 saturated carbocycles. The zero-order valence-electron chi connectivity index (χ0n) is 21.4. The maximum atomic E-state index is 13.1. The van der Waals surface area contributed by atoms with E-state index in [0.29, 0.717) is 12.4 Å². The summed E-state index contributed by atoms with van der Waals surface area (Å²) >= 11 is 0. The number of para-hydroxylation sites is 2. The quantitative estimate of drug-likeness (QED) is 0.206. The Kier molecular flexibility index (Phi) is 12.7. The number of hydrogen-bond donors (Lipinski definition) is 3. The lowest BCUT2D eigenvalue weighted by Gasteiger charge is -2.33. The van der Waals surface area contributed by atoms with Crippen LogP contribution in [0.25, 0.3) is 0 Å². The van der Waals surface area contributed by atoms with E-state index in [1.165, 1.54) is 38.5 Å². The van der Waals surface area contributed by atoms with Crippen molar-refractivity contribution in [2.45, 2.75) is 111 Å². The second-order valence-corrected chi connectivity index (χ2v) is 9.86. The van der Waals surface area contributed by atoms with Gasteiger partial charge in [0.2, 0.25) is 5.91 Å². The minimum absolute atomic E-state index is 0.0656. The smallest absolute Gasteiger partial charge is 0.223 e. The number of hydrogen-bond acceptors (Lipinski definition) is 4. The van der Waals surface area contributed by atoms with Gasteiger partial charge < -0.3 is 20.5 Å². The molecule has 0 spiro atoms. The van der Waals surface area contributed by atoms with Crippen molar-refractivity contribution in [2.75, 3.05) is 11.9 Å². The van der Waals surface area contributed by atoms with Crippen LogP contribution < -0.4 is 15.4 Å². The molecule has 0 radical (unpaired) electrons. The van der Waals surface area contributed by atoms with E-state index < -0.39 is 6.23 Å². The first kappa shape index (κ1) is 27.5. The minimum Gasteiger partial charge on any atom is -0.492 e. The van der Waals surface area contributed by atoms with Gasteiger partial charge in [0.05, 0.1) is 18.3 Å². The van der Waals surface area contributed by atoms with Gasteiger partial charge in [-0.05, 0) is 56.6 Å². The monoisotopic (exact) mass is 460 g/mol. The van der Waals surface area contributed by atoms with Crippen molar-refractivity contribution in [1.29, 1.82) is 0 Å². The van der Waals surface area contributed by atoms with E-state index >= 15 is 0 Å². The first-order valence-corrected chi connectivity index (χ1v) is 13.5. The highest BCUT2D eigenvalue weighted by molar-refractivity contribution is 5.79. The number of ether oxygens (including phenoxy) is 1. The average molecular weight is 461 g/mol. The topological polar surface area (TPSA) is 70.6 Å². The molecule has 0 bridgehead atoms. The summed E-state index contributed by atoms with van der Waals surface area (Å²) in [6.45, 7) is 8.93. The molecule has 188 valence electrons. The van der Waals surface area contributed by atoms with Crippen LogP contribution >= 0.6 is 0 Å². The van der Waals surface area contributed by atoms with Crippen molar-refractivity contribution in [3.05, 3.63) is 24.3 Å². The van der Waals surface area contributed by atoms with Crippen LogP contribution in [0.3, 0.4) is 0 Å². The van der Waals surface area contributed by atoms with E-state index in [0.717, 1.165) is 43.7 Å². The van der Waals surface area contributed by atoms with Crippen molar-refractivity contribution >= 4 is 11.6 Å². The van der Waals surface area contributed by atoms with Gasteiger partial charge in [0, 0.05) is 5.92 Å². The summed E-state index contributed by atoms with van der Waals surface area (Å²) in [5.74, 6) is 1.80. The molecular weight excluding hydrogens is 412 g/mol. The van der Waals surface area contributed by atoms with Crippen molar-refractivity contribution in [2.24, 2.45) is 17.8 Å². The zero-order chi connectivity index (χ0) is 24.1. The molecule has 5 heteroatoms. The maximum Gasteiger partial charge on any atom is 0.223 e. The highest BCUT2D eigenvalue weighted by Gasteiger charge is 2.31. The van der Waals surface area contributed by atoms with Gasteiger partial charge in [0.15, 0.2) is 0 Å². The van der Waals surface area contributed by atoms with Gasteiger partial charge in [-0.1, -0.05) is 77.8 Å². The summed E-state index contributed by atoms with van der Waals surface area (Å²) in [5, 5.41) is 17.4. The van der Waals surface area contributed by atoms with Gasteiger partial charge in [-0.15, -0.1) is 0 Å². The van der Waals surface area contributed by atoms with Gasteiger partial charge >= 0.3 is 0 Å². The van der Waals surface area contributed by atoms with E-state index in [1.54, 1.807) is 0 Å². The molecule has 1 amide bonds. The summed E-state index contributed by atoms with van der Waals surface area (Å²) in [6, 6.07) is 7.26. The Morgan fingerprint density at radius 1 is 1.06 bits per heavy atom. The van der Waals surface area contributed by atoms with E-state index in [2.05, 4.69) is 31.4 Å². The van der Waals surface area contributed by atoms with Gasteiger partial charge in [0.1, 0.15) is 12.0 Å². The molecule has 1 aliphatic rings. The number of anilines is 1. The third-order valence-corrected chi connectivity index (χ3v) is 7.33. The molecular formula is C28H48N2O3. The molecule has 3 N–H and O–H groups in total. The SMILES string of the molecule is CCCCCCCC1CCC(C(=O)N[C@@H]([C@H](O)Nc2ccccc2OCC)[C@@H](C)CC)CC1. The van der Waals surface area contributed by atoms with Crippen LogP contribution in [0, 0.1) is 17.8 Å². The van der Waals surface area contributed by atoms with Crippen LogP contribution in [-0.4, -0.2) is 29.9 Å². The van der Waals surface area contributed by atoms with Crippen LogP contribution in [0.15, 0.2) is 24.3 Å². The van der Waals surface area contributed by atoms with Crippen LogP contribution in [-0.2, 0) is 4.79 Å². The van der Waals surface area contributed by atoms with Gasteiger partial charge in [-0.3, -0.25) is 4.79 Å². The first-order chi connectivity index (χ1) is 16.0. The van der Waals surface area contributed by atoms with Gasteiger partial charge in [0.25, 0.3) is 0 Å². The second-order valence-electron chi connectivity index (χ2n) is 9.86. The third-order valence-electron chi connectivity index (χ3n) is 7.33. The Morgan fingerprint density at radius 3 is 2.42 bits per heavy atom. The Hall–Kier alpha value is -1.75. The summed E-state index contributed by atoms with van der Waals surface area (Å²) in [5.41, 5.74) is 0.744. The minimum atomic E-state index is -0.884. The lowest BCUT2D eigenvalue weighted by Crippen LogP contribution is -2.52.